The van der Waals surface area contributed by atoms with Gasteiger partial charge < -0.3 is 14.8 Å². The zero-order valence-corrected chi connectivity index (χ0v) is 18.8. The highest BCUT2D eigenvalue weighted by molar-refractivity contribution is 5.81. The van der Waals surface area contributed by atoms with Crippen molar-refractivity contribution in [2.45, 2.75) is 79.2 Å². The van der Waals surface area contributed by atoms with Crippen molar-refractivity contribution in [1.29, 1.82) is 0 Å². The van der Waals surface area contributed by atoms with E-state index < -0.39 is 0 Å². The second-order valence-electron chi connectivity index (χ2n) is 8.60. The summed E-state index contributed by atoms with van der Waals surface area (Å²) in [5.41, 5.74) is 4.96. The van der Waals surface area contributed by atoms with Crippen LogP contribution in [0, 0.1) is 19.8 Å². The lowest BCUT2D eigenvalue weighted by Crippen LogP contribution is -2.41. The lowest BCUT2D eigenvalue weighted by Gasteiger charge is -2.32. The number of nitrogens with zero attached hydrogens (tertiary/aromatic N) is 3. The predicted octanol–water partition coefficient (Wildman–Crippen LogP) is 4.98. The highest BCUT2D eigenvalue weighted by atomic mass is 16.1. The third-order valence-electron chi connectivity index (χ3n) is 6.31. The van der Waals surface area contributed by atoms with Crippen LogP contribution >= 0.6 is 0 Å². The van der Waals surface area contributed by atoms with Crippen LogP contribution in [-0.4, -0.2) is 35.1 Å². The van der Waals surface area contributed by atoms with Gasteiger partial charge in [0.15, 0.2) is 0 Å². The van der Waals surface area contributed by atoms with Crippen molar-refractivity contribution in [3.8, 4) is 0 Å². The number of anilines is 1. The molecule has 160 valence electrons. The quantitative estimate of drug-likeness (QED) is 0.606. The molecule has 1 aromatic heterocycles. The molecule has 1 fully saturated rings. The van der Waals surface area contributed by atoms with Crippen molar-refractivity contribution in [3.05, 3.63) is 23.3 Å². The second kappa shape index (κ2) is 10.1. The topological polar surface area (TPSA) is 50.2 Å². The highest BCUT2D eigenvalue weighted by Crippen LogP contribution is 2.29. The van der Waals surface area contributed by atoms with Crippen molar-refractivity contribution < 1.29 is 4.79 Å². The normalized spacial score (nSPS) is 15.2. The van der Waals surface area contributed by atoms with Crippen LogP contribution in [0.2, 0.25) is 0 Å². The van der Waals surface area contributed by atoms with Crippen molar-refractivity contribution in [2.75, 3.05) is 24.5 Å². The van der Waals surface area contributed by atoms with E-state index >= 15 is 0 Å². The average Bonchev–Trinajstić information content (AvgIpc) is 3.06. The molecule has 1 amide bonds. The molecular formula is C24H38N4O. The number of benzene rings is 1. The van der Waals surface area contributed by atoms with E-state index in [9.17, 15) is 4.79 Å². The van der Waals surface area contributed by atoms with E-state index in [2.05, 4.69) is 54.6 Å². The molecule has 0 aliphatic carbocycles. The number of unbranched alkanes of at least 4 members (excludes halogenated alkanes) is 3. The fourth-order valence-electron chi connectivity index (χ4n) is 4.22. The van der Waals surface area contributed by atoms with Gasteiger partial charge in [0.2, 0.25) is 11.9 Å². The van der Waals surface area contributed by atoms with Crippen LogP contribution in [0.4, 0.5) is 5.95 Å². The van der Waals surface area contributed by atoms with Crippen LogP contribution in [-0.2, 0) is 11.3 Å². The Morgan fingerprint density at radius 3 is 2.45 bits per heavy atom. The second-order valence-corrected chi connectivity index (χ2v) is 8.60. The molecular weight excluding hydrogens is 360 g/mol. The third-order valence-corrected chi connectivity index (χ3v) is 6.31. The molecule has 3 rings (SSSR count). The first-order chi connectivity index (χ1) is 14.0. The maximum atomic E-state index is 12.4. The standard InChI is InChI=1S/C24H38N4O/c1-5-7-9-13-28-22-17-19(4)18(3)16-21(22)26-24(28)27-14-10-20(11-15-27)23(29)25-12-8-6-2/h16-17,20H,5-15H2,1-4H3,(H,25,29). The average molecular weight is 399 g/mol. The number of imidazole rings is 1. The van der Waals surface area contributed by atoms with Crippen molar-refractivity contribution in [1.82, 2.24) is 14.9 Å². The minimum absolute atomic E-state index is 0.144. The van der Waals surface area contributed by atoms with Gasteiger partial charge in [0.05, 0.1) is 11.0 Å². The Morgan fingerprint density at radius 1 is 1.07 bits per heavy atom. The number of rotatable bonds is 9. The van der Waals surface area contributed by atoms with Crippen molar-refractivity contribution >= 4 is 22.9 Å². The number of hydrogen-bond donors (Lipinski definition) is 1. The Bertz CT molecular complexity index is 818. The first-order valence-electron chi connectivity index (χ1n) is 11.5. The fraction of sp³-hybridized carbons (Fsp3) is 0.667. The van der Waals surface area contributed by atoms with Gasteiger partial charge in [-0.1, -0.05) is 33.1 Å². The summed E-state index contributed by atoms with van der Waals surface area (Å²) >= 11 is 0. The minimum atomic E-state index is 0.144. The Labute approximate surface area is 175 Å². The Balaban J connectivity index is 1.75. The maximum absolute atomic E-state index is 12.4. The van der Waals surface area contributed by atoms with Gasteiger partial charge in [-0.3, -0.25) is 4.79 Å². The molecule has 0 atom stereocenters. The van der Waals surface area contributed by atoms with Gasteiger partial charge in [-0.2, -0.15) is 0 Å². The van der Waals surface area contributed by atoms with Crippen LogP contribution in [0.1, 0.15) is 69.9 Å². The third kappa shape index (κ3) is 5.12. The summed E-state index contributed by atoms with van der Waals surface area (Å²) in [4.78, 5) is 19.9. The molecule has 1 aliphatic rings. The Kier molecular flexibility index (Phi) is 7.57. The SMILES string of the molecule is CCCCCn1c(N2CCC(C(=O)NCCCC)CC2)nc2cc(C)c(C)cc21. The van der Waals surface area contributed by atoms with Gasteiger partial charge in [0, 0.05) is 32.1 Å². The summed E-state index contributed by atoms with van der Waals surface area (Å²) in [6, 6.07) is 4.51. The van der Waals surface area contributed by atoms with Gasteiger partial charge >= 0.3 is 0 Å². The Morgan fingerprint density at radius 2 is 1.76 bits per heavy atom. The monoisotopic (exact) mass is 398 g/mol. The molecule has 0 unspecified atom stereocenters. The van der Waals surface area contributed by atoms with E-state index in [1.807, 2.05) is 0 Å². The van der Waals surface area contributed by atoms with Crippen LogP contribution in [0.25, 0.3) is 11.0 Å². The highest BCUT2D eigenvalue weighted by Gasteiger charge is 2.27. The summed E-state index contributed by atoms with van der Waals surface area (Å²) in [6.45, 7) is 12.4. The lowest BCUT2D eigenvalue weighted by atomic mass is 9.96. The predicted molar refractivity (Wildman–Crippen MR) is 122 cm³/mol. The molecule has 1 aliphatic heterocycles. The number of piperidine rings is 1. The van der Waals surface area contributed by atoms with Crippen molar-refractivity contribution in [3.63, 3.8) is 0 Å². The summed E-state index contributed by atoms with van der Waals surface area (Å²) in [5, 5.41) is 3.11. The van der Waals surface area contributed by atoms with Crippen LogP contribution in [0.3, 0.4) is 0 Å². The molecule has 1 saturated heterocycles. The van der Waals surface area contributed by atoms with E-state index in [4.69, 9.17) is 4.98 Å². The molecule has 1 aromatic carbocycles. The molecule has 2 heterocycles. The summed E-state index contributed by atoms with van der Waals surface area (Å²) in [6.07, 6.45) is 7.64. The van der Waals surface area contributed by atoms with Gasteiger partial charge in [-0.05, 0) is 62.8 Å². The Hall–Kier alpha value is -2.04. The first kappa shape index (κ1) is 21.7. The van der Waals surface area contributed by atoms with Gasteiger partial charge in [0.1, 0.15) is 0 Å². The molecule has 0 bridgehead atoms. The van der Waals surface area contributed by atoms with Crippen LogP contribution in [0.5, 0.6) is 0 Å². The van der Waals surface area contributed by atoms with E-state index in [0.717, 1.165) is 63.3 Å². The first-order valence-corrected chi connectivity index (χ1v) is 11.5. The molecule has 29 heavy (non-hydrogen) atoms. The zero-order valence-electron chi connectivity index (χ0n) is 18.8. The van der Waals surface area contributed by atoms with Gasteiger partial charge in [-0.15, -0.1) is 0 Å². The number of aryl methyl sites for hydroxylation is 3. The van der Waals surface area contributed by atoms with E-state index in [0.29, 0.717) is 0 Å². The molecule has 2 aromatic rings. The van der Waals surface area contributed by atoms with Crippen molar-refractivity contribution in [2.24, 2.45) is 5.92 Å². The number of nitrogens with one attached hydrogen (secondary N) is 1. The zero-order chi connectivity index (χ0) is 20.8. The van der Waals surface area contributed by atoms with E-state index in [1.54, 1.807) is 0 Å². The molecule has 0 spiro atoms. The van der Waals surface area contributed by atoms with E-state index in [-0.39, 0.29) is 11.8 Å². The number of aromatic nitrogens is 2. The maximum Gasteiger partial charge on any atom is 0.223 e. The fourth-order valence-corrected chi connectivity index (χ4v) is 4.22. The molecule has 1 N–H and O–H groups in total. The number of fused-ring (bicyclic) bond motifs is 1. The number of carbonyl (C=O) groups is 1. The smallest absolute Gasteiger partial charge is 0.223 e. The summed E-state index contributed by atoms with van der Waals surface area (Å²) in [7, 11) is 0. The van der Waals surface area contributed by atoms with Crippen LogP contribution < -0.4 is 10.2 Å². The molecule has 0 radical (unpaired) electrons. The van der Waals surface area contributed by atoms with Crippen LogP contribution in [0.15, 0.2) is 12.1 Å². The summed E-state index contributed by atoms with van der Waals surface area (Å²) in [5.74, 6) is 1.47. The molecule has 5 nitrogen and oxygen atoms in total. The number of hydrogen-bond acceptors (Lipinski definition) is 3. The minimum Gasteiger partial charge on any atom is -0.356 e. The summed E-state index contributed by atoms with van der Waals surface area (Å²) < 4.78 is 2.42. The molecule has 0 saturated carbocycles. The molecule has 5 heteroatoms. The van der Waals surface area contributed by atoms with E-state index in [1.165, 1.54) is 35.9 Å². The van der Waals surface area contributed by atoms with Gasteiger partial charge in [0.25, 0.3) is 0 Å². The van der Waals surface area contributed by atoms with Gasteiger partial charge in [-0.25, -0.2) is 4.98 Å². The lowest BCUT2D eigenvalue weighted by molar-refractivity contribution is -0.125. The number of carbonyl (C=O) groups excluding carboxylic acids is 1. The largest absolute Gasteiger partial charge is 0.356 e. The number of amides is 1.